The number of ketones is 1. The molecule has 0 aliphatic carbocycles. The number of hydrogen-bond acceptors (Lipinski definition) is 5. The zero-order chi connectivity index (χ0) is 15.3. The van der Waals surface area contributed by atoms with Gasteiger partial charge in [0.25, 0.3) is 0 Å². The summed E-state index contributed by atoms with van der Waals surface area (Å²) in [6.07, 6.45) is 0. The van der Waals surface area contributed by atoms with E-state index in [-0.39, 0.29) is 5.57 Å². The van der Waals surface area contributed by atoms with Crippen LogP contribution in [-0.4, -0.2) is 31.9 Å². The van der Waals surface area contributed by atoms with Gasteiger partial charge in [-0.2, -0.15) is 0 Å². The minimum Gasteiger partial charge on any atom is -0.465 e. The van der Waals surface area contributed by atoms with Gasteiger partial charge < -0.3 is 9.47 Å². The van der Waals surface area contributed by atoms with Crippen LogP contribution in [0, 0.1) is 0 Å². The van der Waals surface area contributed by atoms with Crippen LogP contribution in [0.1, 0.15) is 17.3 Å². The van der Waals surface area contributed by atoms with Crippen LogP contribution in [0.5, 0.6) is 0 Å². The van der Waals surface area contributed by atoms with E-state index >= 15 is 0 Å². The average molecular weight is 297 g/mol. The third kappa shape index (κ3) is 3.45. The number of carbonyl (C=O) groups is 3. The molecule has 1 aromatic rings. The summed E-state index contributed by atoms with van der Waals surface area (Å²) in [5.41, 5.74) is -0.168. The Morgan fingerprint density at radius 3 is 1.80 bits per heavy atom. The molecule has 0 fully saturated rings. The van der Waals surface area contributed by atoms with E-state index in [0.29, 0.717) is 10.6 Å². The molecular weight excluding hydrogens is 284 g/mol. The second-order valence-electron chi connectivity index (χ2n) is 3.82. The summed E-state index contributed by atoms with van der Waals surface area (Å²) in [6.45, 7) is 1.36. The maximum Gasteiger partial charge on any atom is 0.345 e. The first-order chi connectivity index (χ1) is 9.42. The third-order valence-electron chi connectivity index (χ3n) is 2.60. The molecule has 0 amide bonds. The van der Waals surface area contributed by atoms with E-state index in [9.17, 15) is 14.4 Å². The lowest BCUT2D eigenvalue weighted by molar-refractivity contribution is -0.144. The molecule has 0 heterocycles. The van der Waals surface area contributed by atoms with E-state index in [1.165, 1.54) is 31.2 Å². The SMILES string of the molecule is COC(=O)C(C(=O)OC)=C(C)C(=O)c1ccc(Cl)cc1. The van der Waals surface area contributed by atoms with Gasteiger partial charge in [-0.3, -0.25) is 4.79 Å². The number of allylic oxidation sites excluding steroid dienone is 1. The maximum atomic E-state index is 12.2. The molecule has 20 heavy (non-hydrogen) atoms. The number of rotatable bonds is 4. The van der Waals surface area contributed by atoms with E-state index in [4.69, 9.17) is 11.6 Å². The lowest BCUT2D eigenvalue weighted by atomic mass is 10.00. The van der Waals surface area contributed by atoms with Gasteiger partial charge in [-0.05, 0) is 31.2 Å². The van der Waals surface area contributed by atoms with E-state index in [1.54, 1.807) is 0 Å². The van der Waals surface area contributed by atoms with Gasteiger partial charge >= 0.3 is 11.9 Å². The molecule has 0 radical (unpaired) electrons. The summed E-state index contributed by atoms with van der Waals surface area (Å²) < 4.78 is 8.98. The van der Waals surface area contributed by atoms with Gasteiger partial charge in [0.05, 0.1) is 14.2 Å². The summed E-state index contributed by atoms with van der Waals surface area (Å²) in [4.78, 5) is 35.4. The molecule has 0 spiro atoms. The van der Waals surface area contributed by atoms with Gasteiger partial charge in [0.2, 0.25) is 0 Å². The quantitative estimate of drug-likeness (QED) is 0.280. The number of carbonyl (C=O) groups excluding carboxylic acids is 3. The number of benzene rings is 1. The van der Waals surface area contributed by atoms with Crippen molar-refractivity contribution in [1.82, 2.24) is 0 Å². The second kappa shape index (κ2) is 6.86. The molecular formula is C14H13ClO5. The van der Waals surface area contributed by atoms with Gasteiger partial charge in [0.1, 0.15) is 0 Å². The molecule has 5 nitrogen and oxygen atoms in total. The molecule has 1 rings (SSSR count). The van der Waals surface area contributed by atoms with Crippen LogP contribution in [0.4, 0.5) is 0 Å². The van der Waals surface area contributed by atoms with Gasteiger partial charge in [-0.1, -0.05) is 11.6 Å². The maximum absolute atomic E-state index is 12.2. The van der Waals surface area contributed by atoms with Crippen molar-refractivity contribution in [2.75, 3.05) is 14.2 Å². The van der Waals surface area contributed by atoms with Gasteiger partial charge in [0.15, 0.2) is 11.4 Å². The summed E-state index contributed by atoms with van der Waals surface area (Å²) in [7, 11) is 2.23. The fourth-order valence-electron chi connectivity index (χ4n) is 1.52. The van der Waals surface area contributed by atoms with Crippen LogP contribution in [-0.2, 0) is 19.1 Å². The minimum atomic E-state index is -0.920. The summed E-state index contributed by atoms with van der Waals surface area (Å²) in [6, 6.07) is 6.08. The van der Waals surface area contributed by atoms with Crippen molar-refractivity contribution in [3.63, 3.8) is 0 Å². The number of hydrogen-bond donors (Lipinski definition) is 0. The molecule has 0 bridgehead atoms. The van der Waals surface area contributed by atoms with Crippen molar-refractivity contribution in [3.8, 4) is 0 Å². The fraction of sp³-hybridized carbons (Fsp3) is 0.214. The summed E-state index contributed by atoms with van der Waals surface area (Å²) in [5.74, 6) is -2.32. The normalized spacial score (nSPS) is 9.60. The van der Waals surface area contributed by atoms with Crippen LogP contribution < -0.4 is 0 Å². The van der Waals surface area contributed by atoms with Crippen LogP contribution in [0.25, 0.3) is 0 Å². The second-order valence-corrected chi connectivity index (χ2v) is 4.26. The Labute approximate surface area is 121 Å². The lowest BCUT2D eigenvalue weighted by Gasteiger charge is -2.08. The predicted molar refractivity (Wildman–Crippen MR) is 72.5 cm³/mol. The largest absolute Gasteiger partial charge is 0.465 e. The minimum absolute atomic E-state index is 0.0500. The van der Waals surface area contributed by atoms with Crippen molar-refractivity contribution in [2.24, 2.45) is 0 Å². The molecule has 106 valence electrons. The molecule has 0 aliphatic rings. The highest BCUT2D eigenvalue weighted by Crippen LogP contribution is 2.17. The molecule has 0 atom stereocenters. The Morgan fingerprint density at radius 1 is 0.950 bits per heavy atom. The van der Waals surface area contributed by atoms with Crippen LogP contribution in [0.2, 0.25) is 5.02 Å². The number of ether oxygens (including phenoxy) is 2. The molecule has 0 aliphatic heterocycles. The smallest absolute Gasteiger partial charge is 0.345 e. The Hall–Kier alpha value is -2.14. The van der Waals surface area contributed by atoms with Crippen LogP contribution >= 0.6 is 11.6 Å². The zero-order valence-electron chi connectivity index (χ0n) is 11.2. The predicted octanol–water partition coefficient (Wildman–Crippen LogP) is 2.19. The van der Waals surface area contributed by atoms with Crippen molar-refractivity contribution in [2.45, 2.75) is 6.92 Å². The highest BCUT2D eigenvalue weighted by Gasteiger charge is 2.26. The highest BCUT2D eigenvalue weighted by molar-refractivity contribution is 6.30. The topological polar surface area (TPSA) is 69.7 Å². The molecule has 0 N–H and O–H groups in total. The number of Topliss-reactive ketones (excluding diaryl/α,β-unsaturated/α-hetero) is 1. The van der Waals surface area contributed by atoms with E-state index in [1.807, 2.05) is 0 Å². The molecule has 6 heteroatoms. The first kappa shape index (κ1) is 15.9. The standard InChI is InChI=1S/C14H13ClO5/c1-8(11(13(17)19-2)14(18)20-3)12(16)9-4-6-10(15)7-5-9/h4-7H,1-3H3. The zero-order valence-corrected chi connectivity index (χ0v) is 12.0. The first-order valence-electron chi connectivity index (χ1n) is 5.60. The molecule has 0 aromatic heterocycles. The molecule has 1 aromatic carbocycles. The Morgan fingerprint density at radius 2 is 1.40 bits per heavy atom. The molecule has 0 saturated carbocycles. The number of halogens is 1. The van der Waals surface area contributed by atoms with Gasteiger partial charge in [-0.25, -0.2) is 9.59 Å². The molecule has 0 unspecified atom stereocenters. The van der Waals surface area contributed by atoms with Crippen molar-refractivity contribution < 1.29 is 23.9 Å². The Kier molecular flexibility index (Phi) is 5.46. The van der Waals surface area contributed by atoms with Gasteiger partial charge in [-0.15, -0.1) is 0 Å². The average Bonchev–Trinajstić information content (AvgIpc) is 2.46. The monoisotopic (exact) mass is 296 g/mol. The third-order valence-corrected chi connectivity index (χ3v) is 2.85. The van der Waals surface area contributed by atoms with Gasteiger partial charge in [0, 0.05) is 16.2 Å². The van der Waals surface area contributed by atoms with Crippen molar-refractivity contribution in [1.29, 1.82) is 0 Å². The first-order valence-corrected chi connectivity index (χ1v) is 5.98. The fourth-order valence-corrected chi connectivity index (χ4v) is 1.65. The Bertz CT molecular complexity index is 554. The lowest BCUT2D eigenvalue weighted by Crippen LogP contribution is -2.20. The number of methoxy groups -OCH3 is 2. The highest BCUT2D eigenvalue weighted by atomic mass is 35.5. The summed E-state index contributed by atoms with van der Waals surface area (Å²) in [5, 5.41) is 0.476. The van der Waals surface area contributed by atoms with Crippen LogP contribution in [0.3, 0.4) is 0 Å². The summed E-state index contributed by atoms with van der Waals surface area (Å²) >= 11 is 5.73. The van der Waals surface area contributed by atoms with Crippen LogP contribution in [0.15, 0.2) is 35.4 Å². The van der Waals surface area contributed by atoms with Crippen molar-refractivity contribution >= 4 is 29.3 Å². The number of esters is 2. The van der Waals surface area contributed by atoms with E-state index in [0.717, 1.165) is 14.2 Å². The van der Waals surface area contributed by atoms with E-state index < -0.39 is 23.3 Å². The van der Waals surface area contributed by atoms with Crippen molar-refractivity contribution in [3.05, 3.63) is 46.0 Å². The Balaban J connectivity index is 3.27. The van der Waals surface area contributed by atoms with E-state index in [2.05, 4.69) is 9.47 Å². The molecule has 0 saturated heterocycles.